The number of pyridine rings is 2. The van der Waals surface area contributed by atoms with Crippen LogP contribution in [0.3, 0.4) is 0 Å². The molecule has 0 spiro atoms. The Labute approximate surface area is 309 Å². The molecule has 8 aromatic rings. The van der Waals surface area contributed by atoms with Gasteiger partial charge >= 0.3 is 0 Å². The number of benzene rings is 4. The maximum atomic E-state index is 14.0. The quantitative estimate of drug-likeness (QED) is 0.154. The van der Waals surface area contributed by atoms with Crippen molar-refractivity contribution in [2.75, 3.05) is 5.32 Å². The highest BCUT2D eigenvalue weighted by Gasteiger charge is 2.17. The highest BCUT2D eigenvalue weighted by Crippen LogP contribution is 2.35. The van der Waals surface area contributed by atoms with Gasteiger partial charge in [-0.05, 0) is 71.8 Å². The van der Waals surface area contributed by atoms with E-state index in [1.165, 1.54) is 42.7 Å². The first-order valence-corrected chi connectivity index (χ1v) is 16.9. The Morgan fingerprint density at radius 3 is 1.80 bits per heavy atom. The van der Waals surface area contributed by atoms with Gasteiger partial charge in [-0.1, -0.05) is 70.7 Å². The van der Waals surface area contributed by atoms with Gasteiger partial charge in [-0.15, -0.1) is 0 Å². The first-order chi connectivity index (χ1) is 24.7. The van der Waals surface area contributed by atoms with Gasteiger partial charge in [0.05, 0.1) is 48.8 Å². The van der Waals surface area contributed by atoms with Crippen LogP contribution in [-0.2, 0) is 13.1 Å². The highest BCUT2D eigenvalue weighted by molar-refractivity contribution is 6.36. The van der Waals surface area contributed by atoms with Gasteiger partial charge in [0, 0.05) is 35.0 Å². The van der Waals surface area contributed by atoms with Crippen LogP contribution in [-0.4, -0.2) is 29.9 Å². The molecule has 14 heteroatoms. The van der Waals surface area contributed by atoms with E-state index in [0.29, 0.717) is 77.2 Å². The number of imidazole rings is 1. The van der Waals surface area contributed by atoms with E-state index in [1.54, 1.807) is 18.5 Å². The number of nitrogens with zero attached hydrogens (tertiary/aromatic N) is 5. The van der Waals surface area contributed by atoms with Gasteiger partial charge in [0.2, 0.25) is 0 Å². The van der Waals surface area contributed by atoms with Crippen molar-refractivity contribution in [2.45, 2.75) is 13.1 Å². The number of fused-ring (bicyclic) bond motifs is 3. The molecule has 0 radical (unpaired) electrons. The van der Waals surface area contributed by atoms with Gasteiger partial charge in [-0.3, -0.25) is 0 Å². The van der Waals surface area contributed by atoms with Crippen molar-refractivity contribution in [1.29, 1.82) is 0 Å². The number of halogens is 6. The Balaban J connectivity index is 0.000000170. The fourth-order valence-corrected chi connectivity index (χ4v) is 6.47. The van der Waals surface area contributed by atoms with Crippen molar-refractivity contribution in [3.63, 3.8) is 0 Å². The molecule has 8 rings (SSSR count). The van der Waals surface area contributed by atoms with Crippen LogP contribution in [0.25, 0.3) is 55.5 Å². The summed E-state index contributed by atoms with van der Waals surface area (Å²) in [6.45, 7) is 0.639. The summed E-state index contributed by atoms with van der Waals surface area (Å²) in [4.78, 5) is 24.8. The van der Waals surface area contributed by atoms with Crippen LogP contribution in [0.5, 0.6) is 0 Å². The predicted molar refractivity (Wildman–Crippen MR) is 201 cm³/mol. The van der Waals surface area contributed by atoms with Crippen molar-refractivity contribution in [2.24, 2.45) is 5.73 Å². The molecule has 0 unspecified atom stereocenters. The number of anilines is 1. The molecule has 0 aliphatic carbocycles. The van der Waals surface area contributed by atoms with Crippen LogP contribution in [0.1, 0.15) is 11.1 Å². The third-order valence-electron chi connectivity index (χ3n) is 8.01. The molecule has 0 aliphatic rings. The third-order valence-corrected chi connectivity index (χ3v) is 9.28. The van der Waals surface area contributed by atoms with Crippen LogP contribution in [0, 0.1) is 11.6 Å². The Kier molecular flexibility index (Phi) is 9.95. The van der Waals surface area contributed by atoms with Crippen LogP contribution in [0.15, 0.2) is 97.6 Å². The standard InChI is InChI=1S/C21H13Cl2FN6.C16H11Cl2FN2/c22-15-5-4-13(24)7-14(15)17-12(6-11-2-1-3-16(23)18(11)30-17)8-25-20-19-21(27-9-26-19)29-10-28-20;17-13-5-4-11(19)7-12(13)15-10(8-20)6-9-2-1-3-14(18)16(9)21-15/h1-7,9-10H,8H2,(H2,25,26,27,28,29);1-7H,8,20H2. The Bertz CT molecular complexity index is 2580. The lowest BCUT2D eigenvalue weighted by molar-refractivity contribution is 0.628. The second-order valence-electron chi connectivity index (χ2n) is 11.2. The fraction of sp³-hybridized carbons (Fsp3) is 0.0541. The van der Waals surface area contributed by atoms with E-state index in [9.17, 15) is 8.78 Å². The number of nitrogens with one attached hydrogen (secondary N) is 2. The van der Waals surface area contributed by atoms with Crippen molar-refractivity contribution in [1.82, 2.24) is 29.9 Å². The number of rotatable bonds is 6. The Hall–Kier alpha value is -4.97. The molecular weight excluding hydrogens is 736 g/mol. The van der Waals surface area contributed by atoms with Gasteiger partial charge < -0.3 is 16.0 Å². The molecule has 4 heterocycles. The number of nitrogens with two attached hydrogens (primary N) is 1. The molecule has 0 saturated heterocycles. The highest BCUT2D eigenvalue weighted by atomic mass is 35.5. The predicted octanol–water partition coefficient (Wildman–Crippen LogP) is 10.4. The number of aromatic amines is 1. The molecule has 0 amide bonds. The zero-order valence-electron chi connectivity index (χ0n) is 26.2. The summed E-state index contributed by atoms with van der Waals surface area (Å²) >= 11 is 25.1. The maximum absolute atomic E-state index is 14.0. The smallest absolute Gasteiger partial charge is 0.182 e. The summed E-state index contributed by atoms with van der Waals surface area (Å²) < 4.78 is 27.5. The largest absolute Gasteiger partial charge is 0.364 e. The first-order valence-electron chi connectivity index (χ1n) is 15.4. The zero-order chi connectivity index (χ0) is 35.6. The van der Waals surface area contributed by atoms with E-state index >= 15 is 0 Å². The van der Waals surface area contributed by atoms with E-state index in [-0.39, 0.29) is 12.4 Å². The third kappa shape index (κ3) is 7.14. The van der Waals surface area contributed by atoms with Gasteiger partial charge in [0.15, 0.2) is 11.5 Å². The van der Waals surface area contributed by atoms with Crippen LogP contribution < -0.4 is 11.1 Å². The van der Waals surface area contributed by atoms with E-state index in [0.717, 1.165) is 21.9 Å². The van der Waals surface area contributed by atoms with Gasteiger partial charge in [-0.25, -0.2) is 33.7 Å². The molecule has 0 saturated carbocycles. The molecule has 4 N–H and O–H groups in total. The minimum Gasteiger partial charge on any atom is -0.364 e. The topological polar surface area (TPSA) is 118 Å². The van der Waals surface area contributed by atoms with Crippen LogP contribution >= 0.6 is 46.4 Å². The molecule has 254 valence electrons. The zero-order valence-corrected chi connectivity index (χ0v) is 29.3. The monoisotopic (exact) mass is 758 g/mol. The number of hydrogen-bond acceptors (Lipinski definition) is 7. The van der Waals surface area contributed by atoms with Crippen LogP contribution in [0.4, 0.5) is 14.6 Å². The maximum Gasteiger partial charge on any atom is 0.182 e. The lowest BCUT2D eigenvalue weighted by Gasteiger charge is -2.14. The summed E-state index contributed by atoms with van der Waals surface area (Å²) in [6, 6.07) is 23.3. The van der Waals surface area contributed by atoms with E-state index in [4.69, 9.17) is 57.1 Å². The molecular formula is C37H24Cl4F2N8. The molecule has 4 aromatic heterocycles. The molecule has 0 fully saturated rings. The van der Waals surface area contributed by atoms with Crippen molar-refractivity contribution < 1.29 is 8.78 Å². The van der Waals surface area contributed by atoms with E-state index in [1.807, 2.05) is 36.4 Å². The second-order valence-corrected chi connectivity index (χ2v) is 12.9. The van der Waals surface area contributed by atoms with E-state index in [2.05, 4.69) is 30.2 Å². The first kappa shape index (κ1) is 34.5. The van der Waals surface area contributed by atoms with Crippen molar-refractivity contribution in [3.8, 4) is 22.5 Å². The van der Waals surface area contributed by atoms with Gasteiger partial charge in [0.1, 0.15) is 23.5 Å². The summed E-state index contributed by atoms with van der Waals surface area (Å²) in [5.41, 5.74) is 12.0. The average Bonchev–Trinajstić information content (AvgIpc) is 3.63. The summed E-state index contributed by atoms with van der Waals surface area (Å²) in [5, 5.41) is 6.90. The minimum atomic E-state index is -0.399. The number of aromatic nitrogens is 6. The Morgan fingerprint density at radius 1 is 0.647 bits per heavy atom. The SMILES string of the molecule is Fc1ccc(Cl)c(-c2nc3c(Cl)cccc3cc2CNc2ncnc3nc[nH]c23)c1.NCc1cc2cccc(Cl)c2nc1-c1cc(F)ccc1Cl. The normalized spacial score (nSPS) is 11.2. The molecule has 0 bridgehead atoms. The Morgan fingerprint density at radius 2 is 1.22 bits per heavy atom. The lowest BCUT2D eigenvalue weighted by atomic mass is 10.0. The molecule has 51 heavy (non-hydrogen) atoms. The van der Waals surface area contributed by atoms with Crippen molar-refractivity contribution in [3.05, 3.63) is 140 Å². The average molecular weight is 760 g/mol. The van der Waals surface area contributed by atoms with Crippen molar-refractivity contribution >= 4 is 85.2 Å². The van der Waals surface area contributed by atoms with Gasteiger partial charge in [0.25, 0.3) is 0 Å². The summed E-state index contributed by atoms with van der Waals surface area (Å²) in [7, 11) is 0. The molecule has 0 aliphatic heterocycles. The fourth-order valence-electron chi connectivity index (χ4n) is 5.60. The number of hydrogen-bond donors (Lipinski definition) is 3. The molecule has 0 atom stereocenters. The lowest BCUT2D eigenvalue weighted by Crippen LogP contribution is -2.06. The molecule has 8 nitrogen and oxygen atoms in total. The number of para-hydroxylation sites is 2. The van der Waals surface area contributed by atoms with Gasteiger partial charge in [-0.2, -0.15) is 0 Å². The summed E-state index contributed by atoms with van der Waals surface area (Å²) in [6.07, 6.45) is 3.00. The molecule has 4 aromatic carbocycles. The second kappa shape index (κ2) is 14.7. The number of H-pyrrole nitrogens is 1. The van der Waals surface area contributed by atoms with Crippen LogP contribution in [0.2, 0.25) is 20.1 Å². The minimum absolute atomic E-state index is 0.275. The summed E-state index contributed by atoms with van der Waals surface area (Å²) in [5.74, 6) is -0.178. The van der Waals surface area contributed by atoms with E-state index < -0.39 is 5.82 Å².